The van der Waals surface area contributed by atoms with Gasteiger partial charge in [0.15, 0.2) is 0 Å². The number of aromatic nitrogens is 1. The second kappa shape index (κ2) is 6.31. The van der Waals surface area contributed by atoms with Crippen LogP contribution in [0, 0.1) is 0 Å². The van der Waals surface area contributed by atoms with Gasteiger partial charge in [0.05, 0.1) is 12.6 Å². The van der Waals surface area contributed by atoms with Gasteiger partial charge in [-0.2, -0.15) is 0 Å². The van der Waals surface area contributed by atoms with Crippen molar-refractivity contribution in [2.75, 3.05) is 11.9 Å². The van der Waals surface area contributed by atoms with Crippen LogP contribution >= 0.6 is 31.9 Å². The highest BCUT2D eigenvalue weighted by molar-refractivity contribution is 9.10. The highest BCUT2D eigenvalue weighted by atomic mass is 79.9. The van der Waals surface area contributed by atoms with E-state index in [1.165, 1.54) is 0 Å². The zero-order valence-electron chi connectivity index (χ0n) is 9.48. The molecule has 0 spiro atoms. The van der Waals surface area contributed by atoms with Gasteiger partial charge in [0.1, 0.15) is 0 Å². The monoisotopic (exact) mass is 370 g/mol. The Morgan fingerprint density at radius 2 is 1.83 bits per heavy atom. The first-order chi connectivity index (χ1) is 8.69. The zero-order valence-corrected chi connectivity index (χ0v) is 12.6. The topological polar surface area (TPSA) is 45.1 Å². The summed E-state index contributed by atoms with van der Waals surface area (Å²) in [4.78, 5) is 4.10. The maximum absolute atomic E-state index is 9.47. The lowest BCUT2D eigenvalue weighted by atomic mass is 10.1. The molecule has 0 saturated carbocycles. The summed E-state index contributed by atoms with van der Waals surface area (Å²) >= 11 is 6.77. The molecule has 5 heteroatoms. The Morgan fingerprint density at radius 1 is 1.11 bits per heavy atom. The van der Waals surface area contributed by atoms with Gasteiger partial charge in [-0.1, -0.05) is 15.9 Å². The Labute approximate surface area is 123 Å². The quantitative estimate of drug-likeness (QED) is 0.860. The molecule has 0 bridgehead atoms. The van der Waals surface area contributed by atoms with E-state index in [-0.39, 0.29) is 12.6 Å². The van der Waals surface area contributed by atoms with Gasteiger partial charge < -0.3 is 10.4 Å². The number of aliphatic hydroxyl groups excluding tert-OH is 1. The van der Waals surface area contributed by atoms with Crippen molar-refractivity contribution in [1.82, 2.24) is 4.98 Å². The molecule has 94 valence electrons. The molecule has 3 nitrogen and oxygen atoms in total. The predicted octanol–water partition coefficient (Wildman–Crippen LogP) is 3.75. The highest BCUT2D eigenvalue weighted by Crippen LogP contribution is 2.22. The zero-order chi connectivity index (χ0) is 13.0. The van der Waals surface area contributed by atoms with Crippen LogP contribution in [0.2, 0.25) is 0 Å². The molecule has 1 aromatic heterocycles. The highest BCUT2D eigenvalue weighted by Gasteiger charge is 2.10. The molecular formula is C13H12Br2N2O. The van der Waals surface area contributed by atoms with E-state index in [2.05, 4.69) is 42.2 Å². The number of rotatable bonds is 4. The van der Waals surface area contributed by atoms with Crippen LogP contribution in [0.25, 0.3) is 0 Å². The molecule has 18 heavy (non-hydrogen) atoms. The molecule has 0 radical (unpaired) electrons. The molecule has 0 aliphatic heterocycles. The van der Waals surface area contributed by atoms with Gasteiger partial charge in [0.25, 0.3) is 0 Å². The number of nitrogens with zero attached hydrogens (tertiary/aromatic N) is 1. The van der Waals surface area contributed by atoms with Crippen molar-refractivity contribution in [3.63, 3.8) is 0 Å². The SMILES string of the molecule is OCC(Nc1ccc(Br)cc1)c1cncc(Br)c1. The van der Waals surface area contributed by atoms with E-state index in [0.717, 1.165) is 20.2 Å². The van der Waals surface area contributed by atoms with Gasteiger partial charge in [-0.3, -0.25) is 4.98 Å². The second-order valence-corrected chi connectivity index (χ2v) is 5.65. The van der Waals surface area contributed by atoms with E-state index in [1.54, 1.807) is 12.4 Å². The normalized spacial score (nSPS) is 12.2. The molecular weight excluding hydrogens is 360 g/mol. The van der Waals surface area contributed by atoms with Gasteiger partial charge in [-0.15, -0.1) is 0 Å². The molecule has 0 fully saturated rings. The fraction of sp³-hybridized carbons (Fsp3) is 0.154. The first kappa shape index (κ1) is 13.5. The maximum Gasteiger partial charge on any atom is 0.0760 e. The minimum absolute atomic E-state index is 0.00813. The molecule has 1 aromatic carbocycles. The van der Waals surface area contributed by atoms with E-state index < -0.39 is 0 Å². The van der Waals surface area contributed by atoms with E-state index in [1.807, 2.05) is 30.3 Å². The number of benzene rings is 1. The number of hydrogen-bond donors (Lipinski definition) is 2. The van der Waals surface area contributed by atoms with Crippen LogP contribution in [-0.2, 0) is 0 Å². The molecule has 2 N–H and O–H groups in total. The number of aliphatic hydroxyl groups is 1. The van der Waals surface area contributed by atoms with Crippen molar-refractivity contribution in [1.29, 1.82) is 0 Å². The summed E-state index contributed by atoms with van der Waals surface area (Å²) in [6, 6.07) is 9.60. The van der Waals surface area contributed by atoms with Gasteiger partial charge in [0.2, 0.25) is 0 Å². The molecule has 2 aromatic rings. The maximum atomic E-state index is 9.47. The van der Waals surface area contributed by atoms with Crippen LogP contribution in [0.5, 0.6) is 0 Å². The van der Waals surface area contributed by atoms with E-state index >= 15 is 0 Å². The van der Waals surface area contributed by atoms with Crippen LogP contribution in [0.4, 0.5) is 5.69 Å². The predicted molar refractivity (Wildman–Crippen MR) is 79.5 cm³/mol. The number of hydrogen-bond acceptors (Lipinski definition) is 3. The summed E-state index contributed by atoms with van der Waals surface area (Å²) in [7, 11) is 0. The lowest BCUT2D eigenvalue weighted by Crippen LogP contribution is -2.15. The van der Waals surface area contributed by atoms with Gasteiger partial charge >= 0.3 is 0 Å². The summed E-state index contributed by atoms with van der Waals surface area (Å²) in [6.45, 7) is 0.00813. The smallest absolute Gasteiger partial charge is 0.0760 e. The Hall–Kier alpha value is -0.910. The molecule has 0 aliphatic carbocycles. The summed E-state index contributed by atoms with van der Waals surface area (Å²) in [5.41, 5.74) is 1.90. The first-order valence-corrected chi connectivity index (χ1v) is 7.01. The van der Waals surface area contributed by atoms with E-state index in [4.69, 9.17) is 0 Å². The van der Waals surface area contributed by atoms with Crippen molar-refractivity contribution in [2.24, 2.45) is 0 Å². The van der Waals surface area contributed by atoms with Gasteiger partial charge in [-0.05, 0) is 51.8 Å². The van der Waals surface area contributed by atoms with Crippen LogP contribution in [-0.4, -0.2) is 16.7 Å². The van der Waals surface area contributed by atoms with Crippen LogP contribution in [0.3, 0.4) is 0 Å². The number of pyridine rings is 1. The van der Waals surface area contributed by atoms with Gasteiger partial charge in [-0.25, -0.2) is 0 Å². The Balaban J connectivity index is 2.17. The summed E-state index contributed by atoms with van der Waals surface area (Å²) in [6.07, 6.45) is 3.47. The molecule has 0 amide bonds. The van der Waals surface area contributed by atoms with E-state index in [0.29, 0.717) is 0 Å². The average Bonchev–Trinajstić information content (AvgIpc) is 2.38. The Kier molecular flexibility index (Phi) is 4.74. The summed E-state index contributed by atoms with van der Waals surface area (Å²) in [5, 5.41) is 12.7. The summed E-state index contributed by atoms with van der Waals surface area (Å²) < 4.78 is 1.92. The average molecular weight is 372 g/mol. The Morgan fingerprint density at radius 3 is 2.44 bits per heavy atom. The minimum Gasteiger partial charge on any atom is -0.394 e. The number of anilines is 1. The molecule has 2 rings (SSSR count). The molecule has 1 unspecified atom stereocenters. The number of halogens is 2. The third-order valence-electron chi connectivity index (χ3n) is 2.50. The fourth-order valence-corrected chi connectivity index (χ4v) is 2.25. The van der Waals surface area contributed by atoms with Crippen molar-refractivity contribution < 1.29 is 5.11 Å². The van der Waals surface area contributed by atoms with Gasteiger partial charge in [0, 0.05) is 27.0 Å². The second-order valence-electron chi connectivity index (χ2n) is 3.82. The fourth-order valence-electron chi connectivity index (χ4n) is 1.60. The van der Waals surface area contributed by atoms with Crippen LogP contribution < -0.4 is 5.32 Å². The first-order valence-electron chi connectivity index (χ1n) is 5.42. The largest absolute Gasteiger partial charge is 0.394 e. The van der Waals surface area contributed by atoms with Crippen molar-refractivity contribution in [2.45, 2.75) is 6.04 Å². The number of nitrogens with one attached hydrogen (secondary N) is 1. The minimum atomic E-state index is -0.170. The standard InChI is InChI=1S/C13H12Br2N2O/c14-10-1-3-12(4-2-10)17-13(8-18)9-5-11(15)7-16-6-9/h1-7,13,17-18H,8H2. The van der Waals surface area contributed by atoms with E-state index in [9.17, 15) is 5.11 Å². The molecule has 0 saturated heterocycles. The molecule has 1 heterocycles. The van der Waals surface area contributed by atoms with Crippen LogP contribution in [0.1, 0.15) is 11.6 Å². The summed E-state index contributed by atoms with van der Waals surface area (Å²) in [5.74, 6) is 0. The van der Waals surface area contributed by atoms with Crippen molar-refractivity contribution >= 4 is 37.5 Å². The molecule has 0 aliphatic rings. The lowest BCUT2D eigenvalue weighted by Gasteiger charge is -2.18. The van der Waals surface area contributed by atoms with Crippen molar-refractivity contribution in [3.05, 3.63) is 57.2 Å². The van der Waals surface area contributed by atoms with Crippen LogP contribution in [0.15, 0.2) is 51.7 Å². The Bertz CT molecular complexity index is 517. The van der Waals surface area contributed by atoms with Crippen molar-refractivity contribution in [3.8, 4) is 0 Å². The third kappa shape index (κ3) is 3.54. The lowest BCUT2D eigenvalue weighted by molar-refractivity contribution is 0.276. The molecule has 1 atom stereocenters. The third-order valence-corrected chi connectivity index (χ3v) is 3.46.